The zero-order valence-corrected chi connectivity index (χ0v) is 7.01. The van der Waals surface area contributed by atoms with Gasteiger partial charge < -0.3 is 4.42 Å². The predicted molar refractivity (Wildman–Crippen MR) is 44.2 cm³/mol. The first kappa shape index (κ1) is 8.19. The molecule has 0 bridgehead atoms. The van der Waals surface area contributed by atoms with Crippen LogP contribution in [0, 0.1) is 6.14 Å². The fourth-order valence-electron chi connectivity index (χ4n) is 1.08. The Morgan fingerprint density at radius 2 is 2.31 bits per heavy atom. The van der Waals surface area contributed by atoms with Crippen molar-refractivity contribution in [1.82, 2.24) is 4.98 Å². The number of carbonyl (C=O) groups excluding carboxylic acids is 1. The van der Waals surface area contributed by atoms with Gasteiger partial charge in [-0.2, -0.15) is 4.98 Å². The molecule has 0 aliphatic rings. The van der Waals surface area contributed by atoms with Crippen LogP contribution in [0.2, 0.25) is 0 Å². The Balaban J connectivity index is 2.82. The molecule has 0 atom stereocenters. The fourth-order valence-corrected chi connectivity index (χ4v) is 1.23. The van der Waals surface area contributed by atoms with E-state index in [2.05, 4.69) is 9.40 Å². The molecule has 1 aromatic carbocycles. The van der Waals surface area contributed by atoms with Crippen LogP contribution < -0.4 is 0 Å². The Labute approximate surface area is 77.1 Å². The molecule has 0 spiro atoms. The number of oxazole rings is 1. The first-order valence-corrected chi connectivity index (χ1v) is 3.81. The standard InChI is InChI=1S/C8H3ClFNO2/c9-7(12)4-2-1-3-5-6(4)11-8(10)13-5/h1-3H. The Bertz CT molecular complexity index is 480. The van der Waals surface area contributed by atoms with Crippen molar-refractivity contribution in [2.75, 3.05) is 0 Å². The minimum Gasteiger partial charge on any atom is -0.415 e. The lowest BCUT2D eigenvalue weighted by Crippen LogP contribution is -1.89. The number of carbonyl (C=O) groups is 1. The topological polar surface area (TPSA) is 43.1 Å². The molecule has 1 aromatic heterocycles. The highest BCUT2D eigenvalue weighted by Crippen LogP contribution is 2.19. The molecular weight excluding hydrogens is 197 g/mol. The molecule has 13 heavy (non-hydrogen) atoms. The Morgan fingerprint density at radius 3 is 3.00 bits per heavy atom. The summed E-state index contributed by atoms with van der Waals surface area (Å²) in [6.45, 7) is 0. The van der Waals surface area contributed by atoms with Crippen LogP contribution in [-0.4, -0.2) is 10.2 Å². The van der Waals surface area contributed by atoms with Crippen LogP contribution in [0.25, 0.3) is 11.1 Å². The van der Waals surface area contributed by atoms with Crippen molar-refractivity contribution in [3.63, 3.8) is 0 Å². The van der Waals surface area contributed by atoms with Crippen molar-refractivity contribution >= 4 is 27.9 Å². The average molecular weight is 200 g/mol. The van der Waals surface area contributed by atoms with Gasteiger partial charge in [0.2, 0.25) is 0 Å². The van der Waals surface area contributed by atoms with E-state index in [1.807, 2.05) is 0 Å². The van der Waals surface area contributed by atoms with Crippen molar-refractivity contribution in [2.24, 2.45) is 0 Å². The molecule has 2 aromatic rings. The monoisotopic (exact) mass is 199 g/mol. The van der Waals surface area contributed by atoms with E-state index in [-0.39, 0.29) is 16.7 Å². The summed E-state index contributed by atoms with van der Waals surface area (Å²) in [5.74, 6) is 0. The van der Waals surface area contributed by atoms with Crippen molar-refractivity contribution in [2.45, 2.75) is 0 Å². The molecule has 0 saturated carbocycles. The Morgan fingerprint density at radius 1 is 1.54 bits per heavy atom. The molecule has 3 nitrogen and oxygen atoms in total. The number of para-hydroxylation sites is 1. The van der Waals surface area contributed by atoms with Crippen LogP contribution in [-0.2, 0) is 0 Å². The van der Waals surface area contributed by atoms with E-state index in [9.17, 15) is 9.18 Å². The second-order valence-electron chi connectivity index (χ2n) is 2.39. The van der Waals surface area contributed by atoms with Gasteiger partial charge in [-0.25, -0.2) is 0 Å². The predicted octanol–water partition coefficient (Wildman–Crippen LogP) is 2.35. The van der Waals surface area contributed by atoms with Crippen LogP contribution in [0.4, 0.5) is 4.39 Å². The third-order valence-electron chi connectivity index (χ3n) is 1.60. The van der Waals surface area contributed by atoms with E-state index in [0.29, 0.717) is 0 Å². The largest absolute Gasteiger partial charge is 0.415 e. The van der Waals surface area contributed by atoms with E-state index < -0.39 is 11.4 Å². The van der Waals surface area contributed by atoms with Crippen LogP contribution in [0.15, 0.2) is 22.6 Å². The van der Waals surface area contributed by atoms with Gasteiger partial charge in [0.05, 0.1) is 5.56 Å². The van der Waals surface area contributed by atoms with Crippen molar-refractivity contribution in [3.05, 3.63) is 29.9 Å². The van der Waals surface area contributed by atoms with E-state index in [4.69, 9.17) is 11.6 Å². The van der Waals surface area contributed by atoms with Crippen LogP contribution in [0.1, 0.15) is 10.4 Å². The average Bonchev–Trinajstić information content (AvgIpc) is 2.43. The first-order chi connectivity index (χ1) is 6.18. The zero-order chi connectivity index (χ0) is 9.42. The maximum atomic E-state index is 12.5. The molecule has 2 rings (SSSR count). The lowest BCUT2D eigenvalue weighted by atomic mass is 10.2. The lowest BCUT2D eigenvalue weighted by molar-refractivity contribution is 0.108. The Hall–Kier alpha value is -1.42. The van der Waals surface area contributed by atoms with Gasteiger partial charge in [0.15, 0.2) is 5.58 Å². The molecule has 66 valence electrons. The lowest BCUT2D eigenvalue weighted by Gasteiger charge is -1.91. The highest BCUT2D eigenvalue weighted by Gasteiger charge is 2.12. The number of aromatic nitrogens is 1. The van der Waals surface area contributed by atoms with E-state index in [1.54, 1.807) is 6.07 Å². The molecule has 0 aliphatic heterocycles. The summed E-state index contributed by atoms with van der Waals surface area (Å²) >= 11 is 5.25. The molecule has 0 aliphatic carbocycles. The molecular formula is C8H3ClFNO2. The maximum Gasteiger partial charge on any atom is 0.382 e. The van der Waals surface area contributed by atoms with E-state index >= 15 is 0 Å². The summed E-state index contributed by atoms with van der Waals surface area (Å²) in [6, 6.07) is 4.51. The van der Waals surface area contributed by atoms with Crippen molar-refractivity contribution in [3.8, 4) is 0 Å². The van der Waals surface area contributed by atoms with Crippen LogP contribution in [0.3, 0.4) is 0 Å². The molecule has 0 saturated heterocycles. The number of hydrogen-bond acceptors (Lipinski definition) is 3. The van der Waals surface area contributed by atoms with Crippen molar-refractivity contribution in [1.29, 1.82) is 0 Å². The second kappa shape index (κ2) is 2.81. The molecule has 0 N–H and O–H groups in total. The highest BCUT2D eigenvalue weighted by molar-refractivity contribution is 6.68. The van der Waals surface area contributed by atoms with Gasteiger partial charge in [-0.1, -0.05) is 6.07 Å². The minimum atomic E-state index is -0.972. The van der Waals surface area contributed by atoms with Gasteiger partial charge in [0.25, 0.3) is 5.24 Å². The molecule has 0 amide bonds. The number of fused-ring (bicyclic) bond motifs is 1. The van der Waals surface area contributed by atoms with Gasteiger partial charge in [-0.3, -0.25) is 4.79 Å². The van der Waals surface area contributed by atoms with Crippen LogP contribution in [0.5, 0.6) is 0 Å². The molecule has 5 heteroatoms. The maximum absolute atomic E-state index is 12.5. The molecule has 1 heterocycles. The van der Waals surface area contributed by atoms with Gasteiger partial charge in [0, 0.05) is 0 Å². The third kappa shape index (κ3) is 1.29. The third-order valence-corrected chi connectivity index (χ3v) is 1.81. The SMILES string of the molecule is O=C(Cl)c1cccc2oc(F)nc12. The van der Waals surface area contributed by atoms with E-state index in [0.717, 1.165) is 0 Å². The van der Waals surface area contributed by atoms with Crippen molar-refractivity contribution < 1.29 is 13.6 Å². The summed E-state index contributed by atoms with van der Waals surface area (Å²) in [7, 11) is 0. The second-order valence-corrected chi connectivity index (χ2v) is 2.74. The molecule has 0 fully saturated rings. The van der Waals surface area contributed by atoms with E-state index in [1.165, 1.54) is 12.1 Å². The normalized spacial score (nSPS) is 10.6. The highest BCUT2D eigenvalue weighted by atomic mass is 35.5. The Kier molecular flexibility index (Phi) is 1.77. The molecule has 0 unspecified atom stereocenters. The number of rotatable bonds is 1. The van der Waals surface area contributed by atoms with Gasteiger partial charge in [-0.05, 0) is 23.7 Å². The quantitative estimate of drug-likeness (QED) is 0.662. The van der Waals surface area contributed by atoms with Gasteiger partial charge >= 0.3 is 6.14 Å². The number of halogens is 2. The van der Waals surface area contributed by atoms with Gasteiger partial charge in [0.1, 0.15) is 5.52 Å². The molecule has 0 radical (unpaired) electrons. The summed E-state index contributed by atoms with van der Waals surface area (Å²) < 4.78 is 17.1. The smallest absolute Gasteiger partial charge is 0.382 e. The summed E-state index contributed by atoms with van der Waals surface area (Å²) in [4.78, 5) is 14.2. The minimum absolute atomic E-state index is 0.145. The summed E-state index contributed by atoms with van der Waals surface area (Å²) in [5, 5.41) is -0.682. The number of benzene rings is 1. The number of hydrogen-bond donors (Lipinski definition) is 0. The van der Waals surface area contributed by atoms with Crippen LogP contribution >= 0.6 is 11.6 Å². The first-order valence-electron chi connectivity index (χ1n) is 3.43. The summed E-state index contributed by atoms with van der Waals surface area (Å²) in [6.07, 6.45) is -0.972. The number of nitrogens with zero attached hydrogens (tertiary/aromatic N) is 1. The zero-order valence-electron chi connectivity index (χ0n) is 6.25. The van der Waals surface area contributed by atoms with Gasteiger partial charge in [-0.15, -0.1) is 4.39 Å². The summed E-state index contributed by atoms with van der Waals surface area (Å²) in [5.41, 5.74) is 0.510. The fraction of sp³-hybridized carbons (Fsp3) is 0.